The Labute approximate surface area is 117 Å². The third-order valence-corrected chi connectivity index (χ3v) is 6.14. The molecule has 0 aliphatic rings. The molecule has 0 heterocycles. The minimum absolute atomic E-state index is 0.433. The standard InChI is InChI=1S/C18H38/c1-9-11-12-13-14-18(8,15(3)4)17(6,7)16(5)10-2/h15-16H,9-14H2,1-8H3. The van der Waals surface area contributed by atoms with Crippen LogP contribution in [-0.2, 0) is 0 Å². The molecule has 2 unspecified atom stereocenters. The van der Waals surface area contributed by atoms with Gasteiger partial charge in [0, 0.05) is 0 Å². The van der Waals surface area contributed by atoms with Crippen LogP contribution in [-0.4, -0.2) is 0 Å². The van der Waals surface area contributed by atoms with Crippen LogP contribution in [0.2, 0.25) is 0 Å². The number of rotatable bonds is 9. The Morgan fingerprint density at radius 1 is 0.833 bits per heavy atom. The van der Waals surface area contributed by atoms with E-state index in [2.05, 4.69) is 55.4 Å². The lowest BCUT2D eigenvalue weighted by Gasteiger charge is -2.51. The zero-order valence-electron chi connectivity index (χ0n) is 14.4. The van der Waals surface area contributed by atoms with Crippen LogP contribution in [0.1, 0.15) is 93.9 Å². The summed E-state index contributed by atoms with van der Waals surface area (Å²) in [7, 11) is 0. The Kier molecular flexibility index (Phi) is 7.56. The van der Waals surface area contributed by atoms with Crippen LogP contribution < -0.4 is 0 Å². The third kappa shape index (κ3) is 4.00. The van der Waals surface area contributed by atoms with E-state index in [-0.39, 0.29) is 0 Å². The van der Waals surface area contributed by atoms with Gasteiger partial charge in [0.15, 0.2) is 0 Å². The molecule has 0 amide bonds. The highest BCUT2D eigenvalue weighted by Gasteiger charge is 2.45. The molecule has 0 radical (unpaired) electrons. The van der Waals surface area contributed by atoms with Crippen molar-refractivity contribution in [1.82, 2.24) is 0 Å². The molecule has 0 aromatic carbocycles. The van der Waals surface area contributed by atoms with Crippen molar-refractivity contribution in [3.63, 3.8) is 0 Å². The maximum absolute atomic E-state index is 2.54. The molecule has 0 saturated carbocycles. The fraction of sp³-hybridized carbons (Fsp3) is 1.00. The van der Waals surface area contributed by atoms with Crippen LogP contribution in [0.15, 0.2) is 0 Å². The smallest absolute Gasteiger partial charge is 0.0249 e. The summed E-state index contributed by atoms with van der Waals surface area (Å²) >= 11 is 0. The molecule has 18 heavy (non-hydrogen) atoms. The zero-order chi connectivity index (χ0) is 14.4. The van der Waals surface area contributed by atoms with Gasteiger partial charge in [-0.1, -0.05) is 87.5 Å². The van der Waals surface area contributed by atoms with Crippen molar-refractivity contribution in [2.45, 2.75) is 93.9 Å². The van der Waals surface area contributed by atoms with Gasteiger partial charge < -0.3 is 0 Å². The molecule has 0 fully saturated rings. The van der Waals surface area contributed by atoms with Gasteiger partial charge in [0.25, 0.3) is 0 Å². The van der Waals surface area contributed by atoms with Gasteiger partial charge in [-0.15, -0.1) is 0 Å². The van der Waals surface area contributed by atoms with Gasteiger partial charge in [-0.2, -0.15) is 0 Å². The van der Waals surface area contributed by atoms with Crippen molar-refractivity contribution in [1.29, 1.82) is 0 Å². The zero-order valence-corrected chi connectivity index (χ0v) is 14.4. The lowest BCUT2D eigenvalue weighted by molar-refractivity contribution is -0.0209. The Morgan fingerprint density at radius 3 is 1.78 bits per heavy atom. The number of hydrogen-bond donors (Lipinski definition) is 0. The molecule has 0 spiro atoms. The summed E-state index contributed by atoms with van der Waals surface area (Å²) < 4.78 is 0. The average Bonchev–Trinajstić information content (AvgIpc) is 2.32. The molecule has 110 valence electrons. The lowest BCUT2D eigenvalue weighted by atomic mass is 9.54. The minimum Gasteiger partial charge on any atom is -0.0654 e. The van der Waals surface area contributed by atoms with E-state index in [1.165, 1.54) is 38.5 Å². The van der Waals surface area contributed by atoms with Crippen LogP contribution in [0.5, 0.6) is 0 Å². The second-order valence-corrected chi connectivity index (χ2v) is 7.41. The predicted molar refractivity (Wildman–Crippen MR) is 84.9 cm³/mol. The summed E-state index contributed by atoms with van der Waals surface area (Å²) in [6.07, 6.45) is 8.25. The Morgan fingerprint density at radius 2 is 1.39 bits per heavy atom. The van der Waals surface area contributed by atoms with E-state index in [4.69, 9.17) is 0 Å². The van der Waals surface area contributed by atoms with Crippen molar-refractivity contribution in [3.05, 3.63) is 0 Å². The maximum atomic E-state index is 2.54. The van der Waals surface area contributed by atoms with E-state index in [9.17, 15) is 0 Å². The highest BCUT2D eigenvalue weighted by Crippen LogP contribution is 2.53. The summed E-state index contributed by atoms with van der Waals surface area (Å²) in [6.45, 7) is 19.5. The van der Waals surface area contributed by atoms with E-state index in [0.717, 1.165) is 11.8 Å². The maximum Gasteiger partial charge on any atom is -0.0249 e. The first-order chi connectivity index (χ1) is 8.24. The average molecular weight is 255 g/mol. The Bertz CT molecular complexity index is 214. The SMILES string of the molecule is CCCCCCC(C)(C(C)C)C(C)(C)C(C)CC. The molecule has 0 aromatic rings. The van der Waals surface area contributed by atoms with Crippen molar-refractivity contribution in [2.24, 2.45) is 22.7 Å². The molecule has 0 aromatic heterocycles. The van der Waals surface area contributed by atoms with Crippen LogP contribution in [0.4, 0.5) is 0 Å². The van der Waals surface area contributed by atoms with Gasteiger partial charge in [-0.25, -0.2) is 0 Å². The van der Waals surface area contributed by atoms with Crippen molar-refractivity contribution < 1.29 is 0 Å². The third-order valence-electron chi connectivity index (χ3n) is 6.14. The Hall–Kier alpha value is 0. The van der Waals surface area contributed by atoms with Gasteiger partial charge >= 0.3 is 0 Å². The highest BCUT2D eigenvalue weighted by atomic mass is 14.5. The number of unbranched alkanes of at least 4 members (excludes halogenated alkanes) is 3. The van der Waals surface area contributed by atoms with E-state index in [1.54, 1.807) is 0 Å². The molecule has 0 aliphatic heterocycles. The monoisotopic (exact) mass is 254 g/mol. The topological polar surface area (TPSA) is 0 Å². The van der Waals surface area contributed by atoms with E-state index in [0.29, 0.717) is 10.8 Å². The van der Waals surface area contributed by atoms with Gasteiger partial charge in [-0.3, -0.25) is 0 Å². The predicted octanol–water partition coefficient (Wildman–Crippen LogP) is 6.69. The summed E-state index contributed by atoms with van der Waals surface area (Å²) in [5.41, 5.74) is 0.901. The molecule has 0 nitrogen and oxygen atoms in total. The molecule has 2 atom stereocenters. The molecule has 0 bridgehead atoms. The quantitative estimate of drug-likeness (QED) is 0.402. The van der Waals surface area contributed by atoms with Crippen LogP contribution in [0, 0.1) is 22.7 Å². The fourth-order valence-corrected chi connectivity index (χ4v) is 3.35. The van der Waals surface area contributed by atoms with Crippen LogP contribution in [0.25, 0.3) is 0 Å². The molecule has 0 heteroatoms. The normalized spacial score (nSPS) is 17.8. The van der Waals surface area contributed by atoms with Gasteiger partial charge in [0.2, 0.25) is 0 Å². The Balaban J connectivity index is 4.79. The largest absolute Gasteiger partial charge is 0.0654 e. The van der Waals surface area contributed by atoms with E-state index >= 15 is 0 Å². The lowest BCUT2D eigenvalue weighted by Crippen LogP contribution is -2.43. The molecular formula is C18H38. The van der Waals surface area contributed by atoms with Gasteiger partial charge in [-0.05, 0) is 29.1 Å². The van der Waals surface area contributed by atoms with Crippen molar-refractivity contribution in [3.8, 4) is 0 Å². The van der Waals surface area contributed by atoms with Gasteiger partial charge in [0.1, 0.15) is 0 Å². The summed E-state index contributed by atoms with van der Waals surface area (Å²) in [4.78, 5) is 0. The summed E-state index contributed by atoms with van der Waals surface area (Å²) in [5.74, 6) is 1.57. The van der Waals surface area contributed by atoms with Crippen molar-refractivity contribution in [2.75, 3.05) is 0 Å². The number of hydrogen-bond acceptors (Lipinski definition) is 0. The molecule has 0 saturated heterocycles. The van der Waals surface area contributed by atoms with E-state index in [1.807, 2.05) is 0 Å². The molecule has 0 rings (SSSR count). The second-order valence-electron chi connectivity index (χ2n) is 7.41. The first-order valence-electron chi connectivity index (χ1n) is 8.24. The van der Waals surface area contributed by atoms with E-state index < -0.39 is 0 Å². The first kappa shape index (κ1) is 18.0. The second kappa shape index (κ2) is 7.56. The molecule has 0 N–H and O–H groups in total. The molecule has 0 aliphatic carbocycles. The summed E-state index contributed by atoms with van der Waals surface area (Å²) in [5, 5.41) is 0. The highest BCUT2D eigenvalue weighted by molar-refractivity contribution is 4.94. The van der Waals surface area contributed by atoms with Crippen LogP contribution in [0.3, 0.4) is 0 Å². The van der Waals surface area contributed by atoms with Crippen LogP contribution >= 0.6 is 0 Å². The minimum atomic E-state index is 0.433. The fourth-order valence-electron chi connectivity index (χ4n) is 3.35. The van der Waals surface area contributed by atoms with Crippen molar-refractivity contribution >= 4 is 0 Å². The summed E-state index contributed by atoms with van der Waals surface area (Å²) in [6, 6.07) is 0. The first-order valence-corrected chi connectivity index (χ1v) is 8.24. The molecular weight excluding hydrogens is 216 g/mol. The van der Waals surface area contributed by atoms with Gasteiger partial charge in [0.05, 0.1) is 0 Å².